The van der Waals surface area contributed by atoms with E-state index in [1.54, 1.807) is 35.4 Å². The van der Waals surface area contributed by atoms with Gasteiger partial charge in [0.15, 0.2) is 0 Å². The molecular formula is C23H27ClF3N5O. The molecule has 2 atom stereocenters. The highest BCUT2D eigenvalue weighted by molar-refractivity contribution is 5.95. The van der Waals surface area contributed by atoms with Crippen molar-refractivity contribution in [2.24, 2.45) is 11.8 Å². The molecule has 4 rings (SSSR count). The molecule has 178 valence electrons. The number of carbonyl (C=O) groups is 1. The Morgan fingerprint density at radius 1 is 1.24 bits per heavy atom. The number of pyridine rings is 1. The van der Waals surface area contributed by atoms with E-state index in [2.05, 4.69) is 21.7 Å². The van der Waals surface area contributed by atoms with Gasteiger partial charge in [0, 0.05) is 42.8 Å². The molecule has 2 aliphatic rings. The normalized spacial score (nSPS) is 21.8. The van der Waals surface area contributed by atoms with Crippen LogP contribution < -0.4 is 15.5 Å². The Balaban J connectivity index is 0.00000306. The van der Waals surface area contributed by atoms with Gasteiger partial charge in [-0.2, -0.15) is 18.4 Å². The van der Waals surface area contributed by atoms with Crippen LogP contribution in [-0.2, 0) is 4.79 Å². The quantitative estimate of drug-likeness (QED) is 0.694. The number of benzene rings is 1. The van der Waals surface area contributed by atoms with E-state index >= 15 is 0 Å². The SMILES string of the molecule is Cl.N#Cc1ccc(N2C[C@H](NC(=O)CC3CCNCC3)C[C@H](C(F)(F)F)C2)c2cccnc12. The van der Waals surface area contributed by atoms with Crippen LogP contribution in [0.1, 0.15) is 31.2 Å². The lowest BCUT2D eigenvalue weighted by atomic mass is 9.91. The zero-order valence-electron chi connectivity index (χ0n) is 18.1. The third-order valence-corrected chi connectivity index (χ3v) is 6.42. The molecule has 1 aromatic heterocycles. The summed E-state index contributed by atoms with van der Waals surface area (Å²) in [5, 5.41) is 16.1. The molecule has 3 heterocycles. The van der Waals surface area contributed by atoms with Crippen molar-refractivity contribution in [3.8, 4) is 6.07 Å². The van der Waals surface area contributed by atoms with Crippen LogP contribution in [-0.4, -0.2) is 49.3 Å². The first-order valence-corrected chi connectivity index (χ1v) is 10.9. The number of fused-ring (bicyclic) bond motifs is 1. The average molecular weight is 482 g/mol. The van der Waals surface area contributed by atoms with E-state index in [9.17, 15) is 23.2 Å². The van der Waals surface area contributed by atoms with Crippen LogP contribution in [0, 0.1) is 23.2 Å². The number of nitrogens with one attached hydrogen (secondary N) is 2. The fourth-order valence-corrected chi connectivity index (χ4v) is 4.80. The van der Waals surface area contributed by atoms with Crippen LogP contribution in [0.2, 0.25) is 0 Å². The van der Waals surface area contributed by atoms with E-state index in [4.69, 9.17) is 0 Å². The predicted octanol–water partition coefficient (Wildman–Crippen LogP) is 3.79. The van der Waals surface area contributed by atoms with Crippen LogP contribution in [0.3, 0.4) is 0 Å². The molecule has 6 nitrogen and oxygen atoms in total. The number of nitriles is 1. The average Bonchev–Trinajstić information content (AvgIpc) is 2.78. The van der Waals surface area contributed by atoms with Gasteiger partial charge < -0.3 is 15.5 Å². The highest BCUT2D eigenvalue weighted by Crippen LogP contribution is 2.37. The molecule has 0 saturated carbocycles. The minimum absolute atomic E-state index is 0. The zero-order valence-corrected chi connectivity index (χ0v) is 18.9. The number of hydrogen-bond donors (Lipinski definition) is 2. The lowest BCUT2D eigenvalue weighted by Gasteiger charge is -2.40. The number of alkyl halides is 3. The van der Waals surface area contributed by atoms with Crippen molar-refractivity contribution in [1.82, 2.24) is 15.6 Å². The van der Waals surface area contributed by atoms with Gasteiger partial charge in [-0.25, -0.2) is 0 Å². The Labute approximate surface area is 196 Å². The molecule has 2 N–H and O–H groups in total. The molecule has 0 radical (unpaired) electrons. The van der Waals surface area contributed by atoms with Crippen LogP contribution >= 0.6 is 12.4 Å². The van der Waals surface area contributed by atoms with Gasteiger partial charge in [-0.05, 0) is 62.5 Å². The maximum absolute atomic E-state index is 13.7. The molecular weight excluding hydrogens is 455 g/mol. The molecule has 1 aromatic carbocycles. The zero-order chi connectivity index (χ0) is 22.7. The van der Waals surface area contributed by atoms with Gasteiger partial charge in [0.25, 0.3) is 0 Å². The largest absolute Gasteiger partial charge is 0.393 e. The third-order valence-electron chi connectivity index (χ3n) is 6.42. The molecule has 0 aliphatic carbocycles. The monoisotopic (exact) mass is 481 g/mol. The second-order valence-electron chi connectivity index (χ2n) is 8.68. The number of piperidine rings is 2. The van der Waals surface area contributed by atoms with Gasteiger partial charge in [-0.1, -0.05) is 0 Å². The number of aromatic nitrogens is 1. The third kappa shape index (κ3) is 5.87. The number of rotatable bonds is 4. The van der Waals surface area contributed by atoms with E-state index in [-0.39, 0.29) is 43.7 Å². The summed E-state index contributed by atoms with van der Waals surface area (Å²) < 4.78 is 41.2. The summed E-state index contributed by atoms with van der Waals surface area (Å²) in [4.78, 5) is 18.5. The Bertz CT molecular complexity index is 1020. The Morgan fingerprint density at radius 3 is 2.70 bits per heavy atom. The Morgan fingerprint density at radius 2 is 2.00 bits per heavy atom. The second-order valence-corrected chi connectivity index (χ2v) is 8.68. The summed E-state index contributed by atoms with van der Waals surface area (Å²) in [5.74, 6) is -1.47. The molecule has 0 spiro atoms. The minimum Gasteiger partial charge on any atom is -0.368 e. The van der Waals surface area contributed by atoms with Gasteiger partial charge in [-0.15, -0.1) is 12.4 Å². The molecule has 0 unspecified atom stereocenters. The number of carbonyl (C=O) groups excluding carboxylic acids is 1. The number of nitrogens with zero attached hydrogens (tertiary/aromatic N) is 3. The van der Waals surface area contributed by atoms with Crippen LogP contribution in [0.15, 0.2) is 30.5 Å². The second kappa shape index (κ2) is 10.6. The van der Waals surface area contributed by atoms with Crippen molar-refractivity contribution in [1.29, 1.82) is 5.26 Å². The molecule has 1 amide bonds. The highest BCUT2D eigenvalue weighted by Gasteiger charge is 2.45. The van der Waals surface area contributed by atoms with Gasteiger partial charge in [0.2, 0.25) is 5.91 Å². The standard InChI is InChI=1S/C23H26F3N5O.ClH/c24-23(25,26)17-11-18(30-21(32)10-15-5-8-28-9-6-15)14-31(13-17)20-4-3-16(12-27)22-19(20)2-1-7-29-22;/h1-4,7,15,17-18,28H,5-6,8-11,13-14H2,(H,30,32);1H/t17-,18+;/m0./s1. The van der Waals surface area contributed by atoms with Gasteiger partial charge in [-0.3, -0.25) is 9.78 Å². The van der Waals surface area contributed by atoms with Crippen LogP contribution in [0.4, 0.5) is 18.9 Å². The molecule has 10 heteroatoms. The molecule has 0 bridgehead atoms. The van der Waals surface area contributed by atoms with E-state index in [0.717, 1.165) is 25.9 Å². The Kier molecular flexibility index (Phi) is 8.03. The van der Waals surface area contributed by atoms with Crippen molar-refractivity contribution < 1.29 is 18.0 Å². The summed E-state index contributed by atoms with van der Waals surface area (Å²) in [5.41, 5.74) is 1.44. The van der Waals surface area contributed by atoms with E-state index in [0.29, 0.717) is 28.6 Å². The molecule has 2 saturated heterocycles. The topological polar surface area (TPSA) is 81.0 Å². The summed E-state index contributed by atoms with van der Waals surface area (Å²) in [7, 11) is 0. The summed E-state index contributed by atoms with van der Waals surface area (Å²) >= 11 is 0. The van der Waals surface area contributed by atoms with Crippen molar-refractivity contribution in [3.63, 3.8) is 0 Å². The van der Waals surface area contributed by atoms with Gasteiger partial charge in [0.05, 0.1) is 17.0 Å². The van der Waals surface area contributed by atoms with Gasteiger partial charge >= 0.3 is 6.18 Å². The lowest BCUT2D eigenvalue weighted by molar-refractivity contribution is -0.178. The van der Waals surface area contributed by atoms with Crippen molar-refractivity contribution in [2.45, 2.75) is 37.9 Å². The summed E-state index contributed by atoms with van der Waals surface area (Å²) in [6.45, 7) is 1.82. The molecule has 2 aromatic rings. The van der Waals surface area contributed by atoms with E-state index in [1.165, 1.54) is 0 Å². The van der Waals surface area contributed by atoms with Crippen molar-refractivity contribution in [2.75, 3.05) is 31.1 Å². The first-order valence-electron chi connectivity index (χ1n) is 10.9. The maximum atomic E-state index is 13.7. The predicted molar refractivity (Wildman–Crippen MR) is 122 cm³/mol. The number of anilines is 1. The first kappa shape index (κ1) is 25.1. The summed E-state index contributed by atoms with van der Waals surface area (Å²) in [6, 6.07) is 8.21. The molecule has 2 fully saturated rings. The van der Waals surface area contributed by atoms with Gasteiger partial charge in [0.1, 0.15) is 6.07 Å². The van der Waals surface area contributed by atoms with Crippen molar-refractivity contribution >= 4 is 34.9 Å². The Hall–Kier alpha value is -2.57. The minimum atomic E-state index is -4.36. The molecule has 2 aliphatic heterocycles. The van der Waals surface area contributed by atoms with Crippen LogP contribution in [0.25, 0.3) is 10.9 Å². The van der Waals surface area contributed by atoms with Crippen molar-refractivity contribution in [3.05, 3.63) is 36.0 Å². The smallest absolute Gasteiger partial charge is 0.368 e. The number of halogens is 4. The number of hydrogen-bond acceptors (Lipinski definition) is 5. The molecule has 33 heavy (non-hydrogen) atoms. The fraction of sp³-hybridized carbons (Fsp3) is 0.522. The highest BCUT2D eigenvalue weighted by atomic mass is 35.5. The van der Waals surface area contributed by atoms with E-state index in [1.807, 2.05) is 0 Å². The number of amides is 1. The summed E-state index contributed by atoms with van der Waals surface area (Å²) in [6.07, 6.45) is -0.787. The maximum Gasteiger partial charge on any atom is 0.393 e. The van der Waals surface area contributed by atoms with E-state index < -0.39 is 18.1 Å². The van der Waals surface area contributed by atoms with Crippen LogP contribution in [0.5, 0.6) is 0 Å². The fourth-order valence-electron chi connectivity index (χ4n) is 4.80. The first-order chi connectivity index (χ1) is 15.3. The lowest BCUT2D eigenvalue weighted by Crippen LogP contribution is -2.54.